The highest BCUT2D eigenvalue weighted by Crippen LogP contribution is 2.35. The number of alkyl halides is 5. The van der Waals surface area contributed by atoms with Gasteiger partial charge in [0.05, 0.1) is 0 Å². The summed E-state index contributed by atoms with van der Waals surface area (Å²) in [7, 11) is 0. The summed E-state index contributed by atoms with van der Waals surface area (Å²) in [4.78, 5) is 20.8. The van der Waals surface area contributed by atoms with E-state index in [1.165, 1.54) is 5.32 Å². The minimum atomic E-state index is -5.91. The Kier molecular flexibility index (Phi) is 5.30. The van der Waals surface area contributed by atoms with E-state index in [1.807, 2.05) is 0 Å². The van der Waals surface area contributed by atoms with E-state index in [-0.39, 0.29) is 25.8 Å². The summed E-state index contributed by atoms with van der Waals surface area (Å²) >= 11 is 0. The van der Waals surface area contributed by atoms with Crippen LogP contribution in [0, 0.1) is 0 Å². The predicted molar refractivity (Wildman–Crippen MR) is 47.1 cm³/mol. The molecule has 0 spiro atoms. The Hall–Kier alpha value is -1.41. The Labute approximate surface area is 93.3 Å². The topological polar surface area (TPSA) is 72.2 Å². The van der Waals surface area contributed by atoms with Crippen molar-refractivity contribution in [2.24, 2.45) is 5.73 Å². The molecular weight excluding hydrogens is 251 g/mol. The van der Waals surface area contributed by atoms with Crippen molar-refractivity contribution in [3.8, 4) is 0 Å². The fraction of sp³-hybridized carbons (Fsp3) is 0.750. The molecule has 0 heterocycles. The number of nitrogens with one attached hydrogen (secondary N) is 1. The SMILES string of the molecule is NC(=O)CCCCNC(=O)C(F)(F)C(F)(F)F. The first-order chi connectivity index (χ1) is 7.59. The first-order valence-electron chi connectivity index (χ1n) is 4.60. The van der Waals surface area contributed by atoms with Gasteiger partial charge in [0.25, 0.3) is 5.91 Å². The number of halogens is 5. The summed E-state index contributed by atoms with van der Waals surface area (Å²) in [5.41, 5.74) is 4.77. The molecular formula is C8H11F5N2O2. The molecule has 0 radical (unpaired) electrons. The van der Waals surface area contributed by atoms with Crippen LogP contribution < -0.4 is 11.1 Å². The second-order valence-electron chi connectivity index (χ2n) is 3.25. The highest BCUT2D eigenvalue weighted by atomic mass is 19.4. The zero-order valence-electron chi connectivity index (χ0n) is 8.61. The molecule has 0 saturated carbocycles. The van der Waals surface area contributed by atoms with Gasteiger partial charge in [-0.2, -0.15) is 22.0 Å². The Morgan fingerprint density at radius 1 is 1.06 bits per heavy atom. The molecule has 0 aromatic heterocycles. The van der Waals surface area contributed by atoms with E-state index in [4.69, 9.17) is 5.73 Å². The monoisotopic (exact) mass is 262 g/mol. The number of carbonyl (C=O) groups excluding carboxylic acids is 2. The van der Waals surface area contributed by atoms with Crippen LogP contribution in [0.3, 0.4) is 0 Å². The molecule has 0 bridgehead atoms. The number of hydrogen-bond donors (Lipinski definition) is 2. The van der Waals surface area contributed by atoms with Crippen LogP contribution >= 0.6 is 0 Å². The Morgan fingerprint density at radius 3 is 2.00 bits per heavy atom. The lowest BCUT2D eigenvalue weighted by Crippen LogP contribution is -2.50. The number of rotatable bonds is 6. The van der Waals surface area contributed by atoms with Crippen molar-refractivity contribution in [1.29, 1.82) is 0 Å². The second kappa shape index (κ2) is 5.78. The summed E-state index contributed by atoms with van der Waals surface area (Å²) in [6, 6.07) is 0. The molecule has 0 aromatic carbocycles. The molecule has 100 valence electrons. The predicted octanol–water partition coefficient (Wildman–Crippen LogP) is 0.956. The maximum atomic E-state index is 12.4. The number of hydrogen-bond acceptors (Lipinski definition) is 2. The standard InChI is InChI=1S/C8H11F5N2O2/c9-7(10,8(11,12)13)6(17)15-4-2-1-3-5(14)16/h1-4H2,(H2,14,16)(H,15,17). The van der Waals surface area contributed by atoms with Gasteiger partial charge in [-0.25, -0.2) is 0 Å². The lowest BCUT2D eigenvalue weighted by Gasteiger charge is -2.18. The van der Waals surface area contributed by atoms with Gasteiger partial charge < -0.3 is 11.1 Å². The molecule has 0 unspecified atom stereocenters. The molecule has 0 fully saturated rings. The molecule has 0 aliphatic carbocycles. The quantitative estimate of drug-likeness (QED) is 0.552. The van der Waals surface area contributed by atoms with Gasteiger partial charge in [0, 0.05) is 13.0 Å². The average Bonchev–Trinajstić information content (AvgIpc) is 2.14. The van der Waals surface area contributed by atoms with Gasteiger partial charge >= 0.3 is 12.1 Å². The van der Waals surface area contributed by atoms with Crippen molar-refractivity contribution in [3.05, 3.63) is 0 Å². The van der Waals surface area contributed by atoms with Gasteiger partial charge in [0.2, 0.25) is 5.91 Å². The van der Waals surface area contributed by atoms with E-state index in [1.54, 1.807) is 0 Å². The summed E-state index contributed by atoms with van der Waals surface area (Å²) in [6.07, 6.45) is -5.65. The Morgan fingerprint density at radius 2 is 1.59 bits per heavy atom. The molecule has 3 N–H and O–H groups in total. The van der Waals surface area contributed by atoms with E-state index in [0.717, 1.165) is 0 Å². The lowest BCUT2D eigenvalue weighted by molar-refractivity contribution is -0.269. The molecule has 0 aliphatic heterocycles. The van der Waals surface area contributed by atoms with Crippen molar-refractivity contribution in [1.82, 2.24) is 5.32 Å². The molecule has 2 amide bonds. The number of primary amides is 1. The minimum absolute atomic E-state index is 0.0223. The van der Waals surface area contributed by atoms with Crippen LogP contribution in [0.2, 0.25) is 0 Å². The third-order valence-corrected chi connectivity index (χ3v) is 1.78. The number of amides is 2. The number of carbonyl (C=O) groups is 2. The Balaban J connectivity index is 3.99. The average molecular weight is 262 g/mol. The molecule has 9 heteroatoms. The minimum Gasteiger partial charge on any atom is -0.370 e. The molecule has 0 saturated heterocycles. The van der Waals surface area contributed by atoms with Gasteiger partial charge in [-0.05, 0) is 12.8 Å². The Bertz CT molecular complexity index is 290. The maximum absolute atomic E-state index is 12.4. The third-order valence-electron chi connectivity index (χ3n) is 1.78. The van der Waals surface area contributed by atoms with Crippen molar-refractivity contribution >= 4 is 11.8 Å². The van der Waals surface area contributed by atoms with Crippen molar-refractivity contribution in [3.63, 3.8) is 0 Å². The van der Waals surface area contributed by atoms with Crippen molar-refractivity contribution < 1.29 is 31.5 Å². The van der Waals surface area contributed by atoms with Crippen molar-refractivity contribution in [2.75, 3.05) is 6.54 Å². The summed E-state index contributed by atoms with van der Waals surface area (Å²) in [5, 5.41) is 1.44. The summed E-state index contributed by atoms with van der Waals surface area (Å²) in [5.74, 6) is -8.42. The largest absolute Gasteiger partial charge is 0.463 e. The molecule has 0 atom stereocenters. The van der Waals surface area contributed by atoms with Gasteiger partial charge in [-0.1, -0.05) is 0 Å². The molecule has 0 aliphatic rings. The zero-order chi connectivity index (χ0) is 13.7. The third kappa shape index (κ3) is 4.96. The van der Waals surface area contributed by atoms with Gasteiger partial charge in [0.15, 0.2) is 0 Å². The van der Waals surface area contributed by atoms with Crippen LogP contribution in [-0.4, -0.2) is 30.5 Å². The van der Waals surface area contributed by atoms with Crippen LogP contribution in [0.5, 0.6) is 0 Å². The second-order valence-corrected chi connectivity index (χ2v) is 3.25. The van der Waals surface area contributed by atoms with Crippen LogP contribution in [-0.2, 0) is 9.59 Å². The van der Waals surface area contributed by atoms with Crippen LogP contribution in [0.15, 0.2) is 0 Å². The van der Waals surface area contributed by atoms with E-state index in [0.29, 0.717) is 0 Å². The highest BCUT2D eigenvalue weighted by Gasteiger charge is 2.63. The van der Waals surface area contributed by atoms with Crippen molar-refractivity contribution in [2.45, 2.75) is 31.4 Å². The highest BCUT2D eigenvalue weighted by molar-refractivity contribution is 5.84. The zero-order valence-corrected chi connectivity index (χ0v) is 8.61. The van der Waals surface area contributed by atoms with E-state index in [2.05, 4.69) is 0 Å². The fourth-order valence-electron chi connectivity index (χ4n) is 0.866. The van der Waals surface area contributed by atoms with Gasteiger partial charge in [-0.15, -0.1) is 0 Å². The van der Waals surface area contributed by atoms with Gasteiger partial charge in [-0.3, -0.25) is 9.59 Å². The molecule has 0 rings (SSSR count). The van der Waals surface area contributed by atoms with Crippen LogP contribution in [0.4, 0.5) is 22.0 Å². The molecule has 4 nitrogen and oxygen atoms in total. The van der Waals surface area contributed by atoms with E-state index >= 15 is 0 Å². The normalized spacial score (nSPS) is 12.3. The maximum Gasteiger partial charge on any atom is 0.463 e. The van der Waals surface area contributed by atoms with E-state index < -0.39 is 23.9 Å². The number of unbranched alkanes of at least 4 members (excludes halogenated alkanes) is 1. The summed E-state index contributed by atoms with van der Waals surface area (Å²) in [6.45, 7) is -0.377. The van der Waals surface area contributed by atoms with Gasteiger partial charge in [0.1, 0.15) is 0 Å². The first-order valence-corrected chi connectivity index (χ1v) is 4.60. The first kappa shape index (κ1) is 15.6. The summed E-state index contributed by atoms with van der Waals surface area (Å²) < 4.78 is 59.8. The lowest BCUT2D eigenvalue weighted by atomic mass is 10.2. The van der Waals surface area contributed by atoms with Crippen LogP contribution in [0.1, 0.15) is 19.3 Å². The number of nitrogens with two attached hydrogens (primary N) is 1. The molecule has 17 heavy (non-hydrogen) atoms. The van der Waals surface area contributed by atoms with Crippen LogP contribution in [0.25, 0.3) is 0 Å². The van der Waals surface area contributed by atoms with E-state index in [9.17, 15) is 31.5 Å². The fourth-order valence-corrected chi connectivity index (χ4v) is 0.866. The molecule has 0 aromatic rings. The smallest absolute Gasteiger partial charge is 0.370 e.